The van der Waals surface area contributed by atoms with Gasteiger partial charge in [-0.25, -0.2) is 9.59 Å². The molecule has 0 amide bonds. The number of benzene rings is 1. The van der Waals surface area contributed by atoms with E-state index in [4.69, 9.17) is 9.52 Å². The molecule has 1 heterocycles. The lowest BCUT2D eigenvalue weighted by molar-refractivity contribution is -0.477. The van der Waals surface area contributed by atoms with Crippen LogP contribution in [0.25, 0.3) is 11.0 Å². The highest BCUT2D eigenvalue weighted by Gasteiger charge is 2.99. The van der Waals surface area contributed by atoms with Crippen molar-refractivity contribution >= 4 is 29.6 Å². The monoisotopic (exact) mass is 792 g/mol. The lowest BCUT2D eigenvalue weighted by Crippen LogP contribution is -2.78. The summed E-state index contributed by atoms with van der Waals surface area (Å²) in [4.78, 5) is 21.4. The van der Waals surface area contributed by atoms with Gasteiger partial charge in [0, 0.05) is 16.3 Å². The molecule has 0 aliphatic heterocycles. The molecule has 1 aromatic heterocycles. The van der Waals surface area contributed by atoms with Crippen LogP contribution in [-0.2, 0) is 4.79 Å². The highest BCUT2D eigenvalue weighted by atomic mass is 32.1. The number of halogens is 23. The molecule has 0 spiro atoms. The van der Waals surface area contributed by atoms with E-state index < -0.39 is 71.4 Å². The van der Waals surface area contributed by atoms with E-state index in [0.29, 0.717) is 5.58 Å². The van der Waals surface area contributed by atoms with Gasteiger partial charge in [0.1, 0.15) is 5.58 Å². The number of hydrogen-bond acceptors (Lipinski definition) is 4. The Bertz CT molecular complexity index is 1590. The number of carbonyl (C=O) groups is 1. The molecule has 2 aromatic rings. The van der Waals surface area contributed by atoms with Crippen LogP contribution in [0.5, 0.6) is 0 Å². The second kappa shape index (κ2) is 12.2. The molecule has 0 unspecified atom stereocenters. The van der Waals surface area contributed by atoms with Crippen molar-refractivity contribution in [3.63, 3.8) is 0 Å². The number of carboxylic acids is 1. The van der Waals surface area contributed by atoms with E-state index in [0.717, 1.165) is 10.3 Å². The maximum absolute atomic E-state index is 13.4. The second-order valence-corrected chi connectivity index (χ2v) is 9.54. The molecule has 1 aromatic carbocycles. The van der Waals surface area contributed by atoms with E-state index in [-0.39, 0.29) is 5.63 Å². The van der Waals surface area contributed by atoms with Gasteiger partial charge < -0.3 is 9.52 Å². The Morgan fingerprint density at radius 2 is 0.816 bits per heavy atom. The molecular formula is C21H7F23O4S. The summed E-state index contributed by atoms with van der Waals surface area (Å²) in [5, 5.41) is 8.54. The zero-order valence-electron chi connectivity index (χ0n) is 21.7. The number of fused-ring (bicyclic) bond motifs is 1. The van der Waals surface area contributed by atoms with E-state index in [1.165, 1.54) is 6.07 Å². The summed E-state index contributed by atoms with van der Waals surface area (Å²) in [6.07, 6.45) is -8.13. The lowest BCUT2D eigenvalue weighted by atomic mass is 9.85. The average molecular weight is 792 g/mol. The molecule has 4 nitrogen and oxygen atoms in total. The van der Waals surface area contributed by atoms with E-state index in [1.54, 1.807) is 12.1 Å². The molecule has 0 aliphatic carbocycles. The predicted molar refractivity (Wildman–Crippen MR) is 113 cm³/mol. The third kappa shape index (κ3) is 6.18. The Morgan fingerprint density at radius 1 is 0.510 bits per heavy atom. The van der Waals surface area contributed by atoms with Crippen molar-refractivity contribution in [3.05, 3.63) is 40.8 Å². The van der Waals surface area contributed by atoms with Crippen LogP contribution in [-0.4, -0.2) is 76.5 Å². The van der Waals surface area contributed by atoms with Gasteiger partial charge in [0.15, 0.2) is 0 Å². The summed E-state index contributed by atoms with van der Waals surface area (Å²) < 4.78 is 303. The van der Waals surface area contributed by atoms with Gasteiger partial charge in [-0.15, -0.1) is 12.6 Å². The average Bonchev–Trinajstić information content (AvgIpc) is 2.91. The standard InChI is InChI=1S/C12HF23O2.C9H6O2S/c13-2(14,1(36)37)3(15,16)4(17,18)5(19,20)6(21,22)7(23,24)8(25,26)9(27,28)10(29,30)11(31,32)12(33,34)35;10-9-4-2-6-1-3-7(12)5-8(6)11-9/h(H,36,37);1-5,12H. The van der Waals surface area contributed by atoms with Crippen LogP contribution >= 0.6 is 12.6 Å². The van der Waals surface area contributed by atoms with Gasteiger partial charge in [-0.05, 0) is 18.2 Å². The predicted octanol–water partition coefficient (Wildman–Crippen LogP) is 9.07. The minimum atomic E-state index is -9.50. The zero-order valence-corrected chi connectivity index (χ0v) is 22.6. The van der Waals surface area contributed by atoms with Crippen LogP contribution in [0.2, 0.25) is 0 Å². The molecule has 0 aliphatic rings. The Labute approximate surface area is 256 Å². The van der Waals surface area contributed by atoms with E-state index in [1.807, 2.05) is 12.1 Å². The van der Waals surface area contributed by atoms with Crippen molar-refractivity contribution < 1.29 is 115 Å². The van der Waals surface area contributed by atoms with Crippen LogP contribution in [0.3, 0.4) is 0 Å². The Morgan fingerprint density at radius 3 is 1.14 bits per heavy atom. The van der Waals surface area contributed by atoms with Crippen LogP contribution in [0.4, 0.5) is 101 Å². The van der Waals surface area contributed by atoms with Crippen LogP contribution < -0.4 is 5.63 Å². The molecule has 0 radical (unpaired) electrons. The van der Waals surface area contributed by atoms with Crippen molar-refractivity contribution in [1.29, 1.82) is 0 Å². The summed E-state index contributed by atoms with van der Waals surface area (Å²) in [6, 6.07) is 8.57. The van der Waals surface area contributed by atoms with Crippen molar-refractivity contribution in [2.75, 3.05) is 0 Å². The van der Waals surface area contributed by atoms with Crippen LogP contribution in [0.1, 0.15) is 0 Å². The van der Waals surface area contributed by atoms with E-state index in [9.17, 15) is 111 Å². The van der Waals surface area contributed by atoms with E-state index in [2.05, 4.69) is 12.6 Å². The first kappa shape index (κ1) is 43.7. The Kier molecular flexibility index (Phi) is 10.8. The molecule has 0 atom stereocenters. The van der Waals surface area contributed by atoms with Gasteiger partial charge in [0.2, 0.25) is 0 Å². The van der Waals surface area contributed by atoms with Crippen LogP contribution in [0, 0.1) is 0 Å². The second-order valence-electron chi connectivity index (χ2n) is 9.02. The highest BCUT2D eigenvalue weighted by molar-refractivity contribution is 7.80. The first-order chi connectivity index (χ1) is 21.2. The fourth-order valence-electron chi connectivity index (χ4n) is 2.94. The van der Waals surface area contributed by atoms with Crippen molar-refractivity contribution in [3.8, 4) is 0 Å². The number of alkyl halides is 23. The van der Waals surface area contributed by atoms with Crippen molar-refractivity contribution in [1.82, 2.24) is 0 Å². The number of hydrogen-bond donors (Lipinski definition) is 2. The highest BCUT2D eigenvalue weighted by Crippen LogP contribution is 2.67. The third-order valence-electron chi connectivity index (χ3n) is 5.78. The Hall–Kier alpha value is -3.36. The van der Waals surface area contributed by atoms with Gasteiger partial charge in [-0.3, -0.25) is 0 Å². The first-order valence-corrected chi connectivity index (χ1v) is 11.5. The van der Waals surface area contributed by atoms with Gasteiger partial charge in [0.05, 0.1) is 0 Å². The minimum Gasteiger partial charge on any atom is -0.477 e. The van der Waals surface area contributed by atoms with E-state index >= 15 is 0 Å². The van der Waals surface area contributed by atoms with Crippen molar-refractivity contribution in [2.24, 2.45) is 0 Å². The molecule has 49 heavy (non-hydrogen) atoms. The van der Waals surface area contributed by atoms with Gasteiger partial charge in [-0.2, -0.15) is 101 Å². The summed E-state index contributed by atoms with van der Waals surface area (Å²) in [5.74, 6) is -94.6. The quantitative estimate of drug-likeness (QED) is 0.143. The molecule has 2 rings (SSSR count). The Balaban J connectivity index is 0.000000821. The summed E-state index contributed by atoms with van der Waals surface area (Å²) in [5.41, 5.74) is 0.247. The maximum Gasteiger partial charge on any atom is 0.460 e. The third-order valence-corrected chi connectivity index (χ3v) is 6.06. The van der Waals surface area contributed by atoms with Crippen LogP contribution in [0.15, 0.2) is 44.4 Å². The lowest BCUT2D eigenvalue weighted by Gasteiger charge is -2.44. The molecule has 282 valence electrons. The number of carboxylic acid groups (broad SMARTS) is 1. The molecule has 0 saturated carbocycles. The molecule has 0 fully saturated rings. The van der Waals surface area contributed by atoms with Gasteiger partial charge >= 0.3 is 77.0 Å². The number of aliphatic carboxylic acids is 1. The topological polar surface area (TPSA) is 67.5 Å². The number of thiol groups is 1. The zero-order chi connectivity index (χ0) is 39.6. The summed E-state index contributed by atoms with van der Waals surface area (Å²) in [7, 11) is 0. The molecule has 1 N–H and O–H groups in total. The maximum atomic E-state index is 13.4. The largest absolute Gasteiger partial charge is 0.477 e. The van der Waals surface area contributed by atoms with Gasteiger partial charge in [0.25, 0.3) is 0 Å². The molecule has 28 heteroatoms. The first-order valence-electron chi connectivity index (χ1n) is 11.0. The SMILES string of the molecule is O=C(O)C(F)(F)C(F)(F)C(F)(F)C(F)(F)C(F)(F)C(F)(F)C(F)(F)C(F)(F)C(F)(F)C(F)(F)C(F)(F)F.O=c1ccc2ccc(S)cc2o1. The molecule has 0 saturated heterocycles. The van der Waals surface area contributed by atoms with Gasteiger partial charge in [-0.1, -0.05) is 6.07 Å². The molecule has 0 bridgehead atoms. The smallest absolute Gasteiger partial charge is 0.460 e. The summed E-state index contributed by atoms with van der Waals surface area (Å²) >= 11 is 4.13. The van der Waals surface area contributed by atoms with Crippen molar-refractivity contribution in [2.45, 2.75) is 70.3 Å². The fourth-order valence-corrected chi connectivity index (χ4v) is 3.13. The fraction of sp³-hybridized carbons (Fsp3) is 0.524. The molecular weight excluding hydrogens is 785 g/mol. The minimum absolute atomic E-state index is 0.332. The summed E-state index contributed by atoms with van der Waals surface area (Å²) in [6.45, 7) is 0. The number of rotatable bonds is 10. The normalized spacial score (nSPS) is 15.2.